The van der Waals surface area contributed by atoms with Gasteiger partial charge in [-0.2, -0.15) is 5.26 Å². The summed E-state index contributed by atoms with van der Waals surface area (Å²) >= 11 is 3.30. The molecule has 0 spiro atoms. The Balaban J connectivity index is 2.20. The van der Waals surface area contributed by atoms with E-state index in [9.17, 15) is 4.79 Å². The third kappa shape index (κ3) is 3.86. The van der Waals surface area contributed by atoms with Gasteiger partial charge in [0.2, 0.25) is 0 Å². The van der Waals surface area contributed by atoms with Gasteiger partial charge in [0.1, 0.15) is 5.76 Å². The lowest BCUT2D eigenvalue weighted by Gasteiger charge is -2.20. The number of halogens is 1. The minimum absolute atomic E-state index is 0.180. The Kier molecular flexibility index (Phi) is 5.01. The van der Waals surface area contributed by atoms with E-state index in [2.05, 4.69) is 15.9 Å². The number of nitrogen functional groups attached to an aromatic ring is 1. The number of rotatable bonds is 5. The summed E-state index contributed by atoms with van der Waals surface area (Å²) in [4.78, 5) is 14.1. The number of furan rings is 1. The Morgan fingerprint density at radius 2 is 2.24 bits per heavy atom. The van der Waals surface area contributed by atoms with Gasteiger partial charge in [-0.25, -0.2) is 0 Å². The van der Waals surface area contributed by atoms with Gasteiger partial charge in [0.15, 0.2) is 0 Å². The average Bonchev–Trinajstić information content (AvgIpc) is 2.98. The number of nitriles is 1. The van der Waals surface area contributed by atoms with Crippen molar-refractivity contribution in [3.8, 4) is 6.07 Å². The van der Waals surface area contributed by atoms with Crippen molar-refractivity contribution < 1.29 is 9.21 Å². The maximum absolute atomic E-state index is 12.5. The van der Waals surface area contributed by atoms with Crippen LogP contribution in [-0.2, 0) is 6.54 Å². The zero-order valence-corrected chi connectivity index (χ0v) is 12.8. The van der Waals surface area contributed by atoms with E-state index in [0.29, 0.717) is 30.1 Å². The van der Waals surface area contributed by atoms with Gasteiger partial charge >= 0.3 is 0 Å². The van der Waals surface area contributed by atoms with Gasteiger partial charge in [0.25, 0.3) is 5.91 Å². The van der Waals surface area contributed by atoms with Crippen molar-refractivity contribution in [3.05, 3.63) is 52.4 Å². The summed E-state index contributed by atoms with van der Waals surface area (Å²) in [6.07, 6.45) is 1.82. The number of hydrogen-bond donors (Lipinski definition) is 1. The van der Waals surface area contributed by atoms with E-state index in [0.717, 1.165) is 4.47 Å². The van der Waals surface area contributed by atoms with Crippen LogP contribution in [0.4, 0.5) is 5.69 Å². The van der Waals surface area contributed by atoms with Crippen LogP contribution in [0.3, 0.4) is 0 Å². The van der Waals surface area contributed by atoms with E-state index in [1.165, 1.54) is 0 Å². The molecule has 1 aromatic heterocycles. The molecule has 0 aliphatic rings. The topological polar surface area (TPSA) is 83.3 Å². The first-order valence-electron chi connectivity index (χ1n) is 6.35. The van der Waals surface area contributed by atoms with Crippen LogP contribution >= 0.6 is 15.9 Å². The van der Waals surface area contributed by atoms with Gasteiger partial charge < -0.3 is 15.1 Å². The molecule has 5 nitrogen and oxygen atoms in total. The Hall–Kier alpha value is -2.26. The third-order valence-corrected chi connectivity index (χ3v) is 3.67. The molecule has 0 saturated carbocycles. The summed E-state index contributed by atoms with van der Waals surface area (Å²) in [5.41, 5.74) is 6.79. The Morgan fingerprint density at radius 1 is 1.43 bits per heavy atom. The van der Waals surface area contributed by atoms with Crippen molar-refractivity contribution in [2.75, 3.05) is 12.3 Å². The van der Waals surface area contributed by atoms with Gasteiger partial charge in [-0.1, -0.05) is 0 Å². The maximum atomic E-state index is 12.5. The quantitative estimate of drug-likeness (QED) is 0.841. The number of nitrogens with two attached hydrogens (primary N) is 1. The predicted octanol–water partition coefficient (Wildman–Crippen LogP) is 3.18. The Labute approximate surface area is 131 Å². The zero-order valence-electron chi connectivity index (χ0n) is 11.3. The van der Waals surface area contributed by atoms with Crippen molar-refractivity contribution >= 4 is 27.5 Å². The highest BCUT2D eigenvalue weighted by molar-refractivity contribution is 9.10. The monoisotopic (exact) mass is 347 g/mol. The molecule has 0 unspecified atom stereocenters. The highest BCUT2D eigenvalue weighted by atomic mass is 79.9. The Morgan fingerprint density at radius 3 is 2.86 bits per heavy atom. The number of benzene rings is 1. The van der Waals surface area contributed by atoms with Crippen molar-refractivity contribution in [2.45, 2.75) is 13.0 Å². The summed E-state index contributed by atoms with van der Waals surface area (Å²) in [6, 6.07) is 10.7. The van der Waals surface area contributed by atoms with Gasteiger partial charge in [0, 0.05) is 22.3 Å². The second-order valence-electron chi connectivity index (χ2n) is 4.45. The molecule has 0 saturated heterocycles. The summed E-state index contributed by atoms with van der Waals surface area (Å²) in [5.74, 6) is 0.493. The summed E-state index contributed by atoms with van der Waals surface area (Å²) in [6.45, 7) is 0.662. The van der Waals surface area contributed by atoms with Crippen molar-refractivity contribution in [1.29, 1.82) is 5.26 Å². The zero-order chi connectivity index (χ0) is 15.2. The molecule has 1 amide bonds. The van der Waals surface area contributed by atoms with Crippen LogP contribution in [0.2, 0.25) is 0 Å². The molecule has 6 heteroatoms. The van der Waals surface area contributed by atoms with Crippen LogP contribution in [0, 0.1) is 11.3 Å². The fourth-order valence-corrected chi connectivity index (χ4v) is 2.13. The van der Waals surface area contributed by atoms with Crippen LogP contribution in [0.25, 0.3) is 0 Å². The first kappa shape index (κ1) is 15.1. The van der Waals surface area contributed by atoms with E-state index in [1.807, 2.05) is 6.07 Å². The second-order valence-corrected chi connectivity index (χ2v) is 5.30. The first-order valence-corrected chi connectivity index (χ1v) is 7.14. The number of amides is 1. The molecule has 2 N–H and O–H groups in total. The molecule has 0 aliphatic carbocycles. The molecule has 0 aliphatic heterocycles. The summed E-state index contributed by atoms with van der Waals surface area (Å²) in [7, 11) is 0. The van der Waals surface area contributed by atoms with Gasteiger partial charge in [-0.3, -0.25) is 4.79 Å². The van der Waals surface area contributed by atoms with Crippen LogP contribution < -0.4 is 5.73 Å². The van der Waals surface area contributed by atoms with Crippen molar-refractivity contribution in [1.82, 2.24) is 4.90 Å². The van der Waals surface area contributed by atoms with E-state index >= 15 is 0 Å². The fraction of sp³-hybridized carbons (Fsp3) is 0.200. The largest absolute Gasteiger partial charge is 0.467 e. The molecule has 21 heavy (non-hydrogen) atoms. The highest BCUT2D eigenvalue weighted by Crippen LogP contribution is 2.21. The minimum Gasteiger partial charge on any atom is -0.467 e. The van der Waals surface area contributed by atoms with Gasteiger partial charge in [-0.05, 0) is 46.3 Å². The SMILES string of the molecule is N#CCCN(Cc1ccco1)C(=O)c1ccc(Br)c(N)c1. The van der Waals surface area contributed by atoms with E-state index in [-0.39, 0.29) is 12.3 Å². The number of hydrogen-bond acceptors (Lipinski definition) is 4. The fourth-order valence-electron chi connectivity index (χ4n) is 1.89. The second kappa shape index (κ2) is 6.95. The van der Waals surface area contributed by atoms with Crippen LogP contribution in [0.5, 0.6) is 0 Å². The molecular formula is C15H14BrN3O2. The predicted molar refractivity (Wildman–Crippen MR) is 82.2 cm³/mol. The molecule has 108 valence electrons. The Bertz CT molecular complexity index is 662. The molecule has 2 rings (SSSR count). The highest BCUT2D eigenvalue weighted by Gasteiger charge is 2.17. The van der Waals surface area contributed by atoms with Crippen LogP contribution in [0.1, 0.15) is 22.5 Å². The number of anilines is 1. The lowest BCUT2D eigenvalue weighted by molar-refractivity contribution is 0.0735. The van der Waals surface area contributed by atoms with E-state index < -0.39 is 0 Å². The molecule has 0 radical (unpaired) electrons. The van der Waals surface area contributed by atoms with Crippen LogP contribution in [-0.4, -0.2) is 17.4 Å². The lowest BCUT2D eigenvalue weighted by Crippen LogP contribution is -2.31. The minimum atomic E-state index is -0.180. The molecule has 0 atom stereocenters. The molecule has 0 bridgehead atoms. The lowest BCUT2D eigenvalue weighted by atomic mass is 10.1. The van der Waals surface area contributed by atoms with E-state index in [4.69, 9.17) is 15.4 Å². The first-order chi connectivity index (χ1) is 10.1. The molecule has 1 heterocycles. The van der Waals surface area contributed by atoms with Gasteiger partial charge in [-0.15, -0.1) is 0 Å². The van der Waals surface area contributed by atoms with Crippen LogP contribution in [0.15, 0.2) is 45.5 Å². The summed E-state index contributed by atoms with van der Waals surface area (Å²) < 4.78 is 6.01. The molecular weight excluding hydrogens is 334 g/mol. The molecule has 1 aromatic carbocycles. The normalized spacial score (nSPS) is 10.1. The average molecular weight is 348 g/mol. The van der Waals surface area contributed by atoms with Gasteiger partial charge in [0.05, 0.1) is 25.3 Å². The summed E-state index contributed by atoms with van der Waals surface area (Å²) in [5, 5.41) is 8.74. The number of carbonyl (C=O) groups is 1. The number of nitrogens with zero attached hydrogens (tertiary/aromatic N) is 2. The maximum Gasteiger partial charge on any atom is 0.254 e. The third-order valence-electron chi connectivity index (χ3n) is 2.95. The standard InChI is InChI=1S/C15H14BrN3O2/c16-13-5-4-11(9-14(13)18)15(20)19(7-2-6-17)10-12-3-1-8-21-12/h1,3-5,8-9H,2,7,10,18H2. The molecule has 0 fully saturated rings. The molecule has 2 aromatic rings. The number of carbonyl (C=O) groups excluding carboxylic acids is 1. The smallest absolute Gasteiger partial charge is 0.254 e. The van der Waals surface area contributed by atoms with E-state index in [1.54, 1.807) is 41.5 Å². The van der Waals surface area contributed by atoms with Crippen molar-refractivity contribution in [3.63, 3.8) is 0 Å². The van der Waals surface area contributed by atoms with Crippen molar-refractivity contribution in [2.24, 2.45) is 0 Å².